The zero-order valence-corrected chi connectivity index (χ0v) is 18.3. The molecule has 6 nitrogen and oxygen atoms in total. The number of esters is 1. The summed E-state index contributed by atoms with van der Waals surface area (Å²) in [5.41, 5.74) is 1.10. The van der Waals surface area contributed by atoms with Crippen LogP contribution in [0.25, 0.3) is 0 Å². The normalized spacial score (nSPS) is 12.3. The molecule has 0 radical (unpaired) electrons. The number of rotatable bonds is 12. The number of methoxy groups -OCH3 is 1. The van der Waals surface area contributed by atoms with E-state index >= 15 is 0 Å². The number of sulfonamides is 1. The Morgan fingerprint density at radius 3 is 2.41 bits per heavy atom. The van der Waals surface area contributed by atoms with Gasteiger partial charge in [-0.3, -0.25) is 4.79 Å². The van der Waals surface area contributed by atoms with E-state index in [0.717, 1.165) is 18.4 Å². The molecular weight excluding hydrogens is 410 g/mol. The molecule has 8 heteroatoms. The van der Waals surface area contributed by atoms with E-state index < -0.39 is 22.0 Å². The lowest BCUT2D eigenvalue weighted by atomic mass is 10.2. The van der Waals surface area contributed by atoms with Crippen molar-refractivity contribution < 1.29 is 22.7 Å². The summed E-state index contributed by atoms with van der Waals surface area (Å²) in [5, 5.41) is 0. The molecule has 0 fully saturated rings. The van der Waals surface area contributed by atoms with Crippen molar-refractivity contribution in [3.63, 3.8) is 0 Å². The maximum atomic E-state index is 12.7. The number of carbonyl (C=O) groups excluding carboxylic acids is 1. The molecule has 0 saturated heterocycles. The van der Waals surface area contributed by atoms with Gasteiger partial charge >= 0.3 is 5.97 Å². The summed E-state index contributed by atoms with van der Waals surface area (Å²) in [5.74, 6) is 0.924. The number of carbonyl (C=O) groups is 1. The average Bonchev–Trinajstić information content (AvgIpc) is 2.73. The molecule has 2 aromatic rings. The minimum atomic E-state index is -3.87. The van der Waals surface area contributed by atoms with Crippen LogP contribution in [0.1, 0.15) is 25.3 Å². The maximum Gasteiger partial charge on any atom is 0.324 e. The monoisotopic (exact) mass is 437 g/mol. The number of hydrogen-bond donors (Lipinski definition) is 1. The Morgan fingerprint density at radius 1 is 1.10 bits per heavy atom. The smallest absolute Gasteiger partial charge is 0.324 e. The van der Waals surface area contributed by atoms with Crippen LogP contribution in [0.15, 0.2) is 59.5 Å². The minimum absolute atomic E-state index is 0.0716. The van der Waals surface area contributed by atoms with Gasteiger partial charge in [0.05, 0.1) is 18.6 Å². The van der Waals surface area contributed by atoms with E-state index in [1.165, 1.54) is 31.0 Å². The molecule has 0 saturated carbocycles. The predicted octanol–water partition coefficient (Wildman–Crippen LogP) is 3.62. The summed E-state index contributed by atoms with van der Waals surface area (Å²) in [7, 11) is -2.63. The number of hydrogen-bond acceptors (Lipinski definition) is 6. The van der Waals surface area contributed by atoms with Crippen molar-refractivity contribution in [1.29, 1.82) is 0 Å². The van der Waals surface area contributed by atoms with Crippen LogP contribution in [0.3, 0.4) is 0 Å². The van der Waals surface area contributed by atoms with Crippen molar-refractivity contribution in [2.24, 2.45) is 0 Å². The summed E-state index contributed by atoms with van der Waals surface area (Å²) in [6.45, 7) is 2.66. The topological polar surface area (TPSA) is 81.7 Å². The summed E-state index contributed by atoms with van der Waals surface area (Å²) in [6.07, 6.45) is 1.96. The first kappa shape index (κ1) is 23.3. The predicted molar refractivity (Wildman–Crippen MR) is 116 cm³/mol. The fraction of sp³-hybridized carbons (Fsp3) is 0.381. The Balaban J connectivity index is 1.99. The molecule has 0 aliphatic heterocycles. The van der Waals surface area contributed by atoms with Gasteiger partial charge in [0.25, 0.3) is 0 Å². The van der Waals surface area contributed by atoms with Crippen molar-refractivity contribution in [2.45, 2.75) is 36.5 Å². The maximum absolute atomic E-state index is 12.7. The molecule has 1 N–H and O–H groups in total. The van der Waals surface area contributed by atoms with E-state index in [4.69, 9.17) is 9.47 Å². The van der Waals surface area contributed by atoms with Crippen molar-refractivity contribution >= 4 is 27.8 Å². The van der Waals surface area contributed by atoms with E-state index in [9.17, 15) is 13.2 Å². The summed E-state index contributed by atoms with van der Waals surface area (Å²) >= 11 is 1.46. The van der Waals surface area contributed by atoms with Crippen LogP contribution in [0.2, 0.25) is 0 Å². The third-order valence-corrected chi connectivity index (χ3v) is 6.67. The van der Waals surface area contributed by atoms with Crippen LogP contribution < -0.4 is 9.46 Å². The Hall–Kier alpha value is -2.03. The second kappa shape index (κ2) is 11.8. The zero-order chi connectivity index (χ0) is 21.1. The minimum Gasteiger partial charge on any atom is -0.494 e. The average molecular weight is 438 g/mol. The number of unbranched alkanes of at least 4 members (excludes halogenated alkanes) is 1. The van der Waals surface area contributed by atoms with Gasteiger partial charge in [0, 0.05) is 11.5 Å². The highest BCUT2D eigenvalue weighted by molar-refractivity contribution is 7.98. The lowest BCUT2D eigenvalue weighted by Gasteiger charge is -2.16. The van der Waals surface area contributed by atoms with Gasteiger partial charge in [-0.25, -0.2) is 8.42 Å². The van der Waals surface area contributed by atoms with E-state index in [2.05, 4.69) is 11.6 Å². The van der Waals surface area contributed by atoms with Crippen LogP contribution in [0.4, 0.5) is 0 Å². The molecule has 29 heavy (non-hydrogen) atoms. The van der Waals surface area contributed by atoms with Gasteiger partial charge in [0.1, 0.15) is 11.8 Å². The van der Waals surface area contributed by atoms with Crippen LogP contribution in [0.5, 0.6) is 5.75 Å². The molecule has 0 heterocycles. The third kappa shape index (κ3) is 7.72. The molecule has 1 atom stereocenters. The van der Waals surface area contributed by atoms with Crippen molar-refractivity contribution in [3.05, 3.63) is 60.2 Å². The Kier molecular flexibility index (Phi) is 9.50. The van der Waals surface area contributed by atoms with Gasteiger partial charge in [0.2, 0.25) is 10.0 Å². The second-order valence-electron chi connectivity index (χ2n) is 6.37. The van der Waals surface area contributed by atoms with E-state index in [0.29, 0.717) is 18.1 Å². The lowest BCUT2D eigenvalue weighted by Crippen LogP contribution is -2.43. The molecule has 0 aromatic heterocycles. The molecular formula is C21H27NO5S2. The van der Waals surface area contributed by atoms with Gasteiger partial charge in [-0.15, -0.1) is 0 Å². The Morgan fingerprint density at radius 2 is 1.79 bits per heavy atom. The highest BCUT2D eigenvalue weighted by atomic mass is 32.2. The fourth-order valence-corrected chi connectivity index (χ4v) is 4.76. The quantitative estimate of drug-likeness (QED) is 0.403. The van der Waals surface area contributed by atoms with E-state index in [1.807, 2.05) is 30.3 Å². The first-order valence-corrected chi connectivity index (χ1v) is 12.0. The van der Waals surface area contributed by atoms with Gasteiger partial charge in [-0.05, 0) is 36.2 Å². The van der Waals surface area contributed by atoms with Gasteiger partial charge < -0.3 is 9.47 Å². The molecule has 0 aliphatic rings. The molecule has 158 valence electrons. The number of thioether (sulfide) groups is 1. The van der Waals surface area contributed by atoms with Gasteiger partial charge in [-0.1, -0.05) is 43.7 Å². The van der Waals surface area contributed by atoms with Crippen LogP contribution in [-0.2, 0) is 25.3 Å². The molecule has 0 bridgehead atoms. The first-order chi connectivity index (χ1) is 14.0. The van der Waals surface area contributed by atoms with Crippen molar-refractivity contribution in [2.75, 3.05) is 19.5 Å². The Bertz CT molecular complexity index is 854. The summed E-state index contributed by atoms with van der Waals surface area (Å²) in [6, 6.07) is 15.0. The van der Waals surface area contributed by atoms with Crippen LogP contribution in [0, 0.1) is 0 Å². The molecule has 2 rings (SSSR count). The van der Waals surface area contributed by atoms with E-state index in [1.54, 1.807) is 12.1 Å². The van der Waals surface area contributed by atoms with Crippen molar-refractivity contribution in [1.82, 2.24) is 4.72 Å². The number of benzene rings is 2. The zero-order valence-electron chi connectivity index (χ0n) is 16.7. The number of nitrogens with one attached hydrogen (secondary N) is 1. The molecule has 0 spiro atoms. The largest absolute Gasteiger partial charge is 0.494 e. The highest BCUT2D eigenvalue weighted by Crippen LogP contribution is 2.18. The van der Waals surface area contributed by atoms with Crippen LogP contribution >= 0.6 is 11.8 Å². The molecule has 0 amide bonds. The van der Waals surface area contributed by atoms with Crippen molar-refractivity contribution in [3.8, 4) is 5.75 Å². The fourth-order valence-electron chi connectivity index (χ4n) is 2.47. The molecule has 0 aliphatic carbocycles. The summed E-state index contributed by atoms with van der Waals surface area (Å²) < 4.78 is 38.2. The second-order valence-corrected chi connectivity index (χ2v) is 9.12. The van der Waals surface area contributed by atoms with Crippen LogP contribution in [-0.4, -0.2) is 39.9 Å². The lowest BCUT2D eigenvalue weighted by molar-refractivity contribution is -0.141. The summed E-state index contributed by atoms with van der Waals surface area (Å²) in [4.78, 5) is 12.2. The Labute approximate surface area is 177 Å². The SMILES string of the molecule is CCCCOc1ccc(S(=O)(=O)NC(CSCc2ccccc2)C(=O)OC)cc1. The highest BCUT2D eigenvalue weighted by Gasteiger charge is 2.26. The molecule has 1 unspecified atom stereocenters. The standard InChI is InChI=1S/C21H27NO5S2/c1-3-4-14-27-18-10-12-19(13-11-18)29(24,25)22-20(21(23)26-2)16-28-15-17-8-6-5-7-9-17/h5-13,20,22H,3-4,14-16H2,1-2H3. The third-order valence-electron chi connectivity index (χ3n) is 4.08. The van der Waals surface area contributed by atoms with Gasteiger partial charge in [-0.2, -0.15) is 16.5 Å². The molecule has 2 aromatic carbocycles. The van der Waals surface area contributed by atoms with E-state index in [-0.39, 0.29) is 10.6 Å². The van der Waals surface area contributed by atoms with Gasteiger partial charge in [0.15, 0.2) is 0 Å². The first-order valence-electron chi connectivity index (χ1n) is 9.41. The number of ether oxygens (including phenoxy) is 2.